The fourth-order valence-corrected chi connectivity index (χ4v) is 0.979. The van der Waals surface area contributed by atoms with Gasteiger partial charge in [0.2, 0.25) is 0 Å². The van der Waals surface area contributed by atoms with E-state index in [9.17, 15) is 13.6 Å². The first-order chi connectivity index (χ1) is 7.54. The quantitative estimate of drug-likeness (QED) is 0.584. The van der Waals surface area contributed by atoms with Crippen molar-refractivity contribution in [1.29, 1.82) is 0 Å². The minimum atomic E-state index is -0.949. The van der Waals surface area contributed by atoms with Gasteiger partial charge in [-0.25, -0.2) is 13.8 Å². The third kappa shape index (κ3) is 3.13. The second-order valence-corrected chi connectivity index (χ2v) is 3.03. The van der Waals surface area contributed by atoms with Crippen molar-refractivity contribution in [2.24, 2.45) is 0 Å². The van der Waals surface area contributed by atoms with Gasteiger partial charge in [-0.3, -0.25) is 9.63 Å². The van der Waals surface area contributed by atoms with Gasteiger partial charge in [-0.05, 0) is 23.8 Å². The van der Waals surface area contributed by atoms with Crippen molar-refractivity contribution >= 4 is 12.0 Å². The highest BCUT2D eigenvalue weighted by Crippen LogP contribution is 2.10. The predicted molar refractivity (Wildman–Crippen MR) is 55.2 cm³/mol. The summed E-state index contributed by atoms with van der Waals surface area (Å²) in [6.07, 6.45) is 2.58. The highest BCUT2D eigenvalue weighted by molar-refractivity contribution is 5.90. The molecule has 3 nitrogen and oxygen atoms in total. The number of nitrogens with zero attached hydrogens (tertiary/aromatic N) is 1. The summed E-state index contributed by atoms with van der Waals surface area (Å²) in [6, 6.07) is 3.38. The van der Waals surface area contributed by atoms with Gasteiger partial charge in [-0.1, -0.05) is 6.07 Å². The number of benzene rings is 1. The second-order valence-electron chi connectivity index (χ2n) is 3.03. The van der Waals surface area contributed by atoms with Gasteiger partial charge in [0, 0.05) is 13.1 Å². The van der Waals surface area contributed by atoms with E-state index in [2.05, 4.69) is 4.84 Å². The lowest BCUT2D eigenvalue weighted by Gasteiger charge is -2.09. The van der Waals surface area contributed by atoms with E-state index in [0.29, 0.717) is 5.56 Å². The Bertz CT molecular complexity index is 418. The number of hydroxylamine groups is 2. The number of rotatable bonds is 3. The summed E-state index contributed by atoms with van der Waals surface area (Å²) in [5.74, 6) is -2.26. The molecule has 0 spiro atoms. The minimum absolute atomic E-state index is 0.396. The van der Waals surface area contributed by atoms with E-state index in [-0.39, 0.29) is 0 Å². The molecule has 0 unspecified atom stereocenters. The lowest BCUT2D eigenvalue weighted by molar-refractivity contribution is -0.162. The number of likely N-dealkylation sites (N-methyl/N-ethyl adjacent to an activating group) is 1. The van der Waals surface area contributed by atoms with Crippen LogP contribution in [0.1, 0.15) is 5.56 Å². The molecule has 0 aliphatic rings. The molecular formula is C11H11F2NO2. The molecule has 0 radical (unpaired) electrons. The normalized spacial score (nSPS) is 10.8. The third-order valence-electron chi connectivity index (χ3n) is 1.95. The molecule has 0 aliphatic heterocycles. The molecule has 1 aromatic rings. The number of carbonyl (C=O) groups is 1. The van der Waals surface area contributed by atoms with Crippen LogP contribution in [0.15, 0.2) is 24.3 Å². The fraction of sp³-hybridized carbons (Fsp3) is 0.182. The molecule has 0 bridgehead atoms. The molecule has 0 heterocycles. The maximum atomic E-state index is 12.8. The van der Waals surface area contributed by atoms with Crippen LogP contribution in [0.3, 0.4) is 0 Å². The van der Waals surface area contributed by atoms with Gasteiger partial charge in [0.1, 0.15) is 0 Å². The Labute approximate surface area is 91.9 Å². The first kappa shape index (κ1) is 12.3. The molecule has 0 atom stereocenters. The topological polar surface area (TPSA) is 29.5 Å². The first-order valence-electron chi connectivity index (χ1n) is 4.49. The Morgan fingerprint density at radius 3 is 2.62 bits per heavy atom. The molecule has 0 N–H and O–H groups in total. The SMILES string of the molecule is CON(C)C(=O)C=Cc1ccc(F)c(F)c1. The molecule has 0 saturated carbocycles. The number of carbonyl (C=O) groups excluding carboxylic acids is 1. The summed E-state index contributed by atoms with van der Waals surface area (Å²) in [5.41, 5.74) is 0.400. The van der Waals surface area contributed by atoms with E-state index in [0.717, 1.165) is 17.2 Å². The summed E-state index contributed by atoms with van der Waals surface area (Å²) >= 11 is 0. The highest BCUT2D eigenvalue weighted by atomic mass is 19.2. The van der Waals surface area contributed by atoms with Crippen LogP contribution in [0.4, 0.5) is 8.78 Å². The zero-order valence-corrected chi connectivity index (χ0v) is 8.91. The number of hydrogen-bond acceptors (Lipinski definition) is 2. The van der Waals surface area contributed by atoms with Crippen molar-refractivity contribution in [3.63, 3.8) is 0 Å². The van der Waals surface area contributed by atoms with Crippen LogP contribution in [-0.4, -0.2) is 25.1 Å². The summed E-state index contributed by atoms with van der Waals surface area (Å²) in [6.45, 7) is 0. The van der Waals surface area contributed by atoms with Crippen LogP contribution < -0.4 is 0 Å². The molecule has 5 heteroatoms. The average molecular weight is 227 g/mol. The molecule has 1 rings (SSSR count). The second kappa shape index (κ2) is 5.37. The maximum Gasteiger partial charge on any atom is 0.269 e. The standard InChI is InChI=1S/C11H11F2NO2/c1-14(16-2)11(15)6-4-8-3-5-9(12)10(13)7-8/h3-7H,1-2H3. The number of amides is 1. The van der Waals surface area contributed by atoms with Gasteiger partial charge < -0.3 is 0 Å². The van der Waals surface area contributed by atoms with Crippen molar-refractivity contribution in [3.8, 4) is 0 Å². The predicted octanol–water partition coefficient (Wildman–Crippen LogP) is 2.00. The summed E-state index contributed by atoms with van der Waals surface area (Å²) in [4.78, 5) is 15.9. The van der Waals surface area contributed by atoms with Gasteiger partial charge in [-0.2, -0.15) is 0 Å². The Kier molecular flexibility index (Phi) is 4.13. The molecule has 86 valence electrons. The van der Waals surface area contributed by atoms with E-state index in [4.69, 9.17) is 0 Å². The summed E-state index contributed by atoms with van der Waals surface area (Å²) < 4.78 is 25.4. The fourth-order valence-electron chi connectivity index (χ4n) is 0.979. The largest absolute Gasteiger partial charge is 0.274 e. The summed E-state index contributed by atoms with van der Waals surface area (Å²) in [5, 5.41) is 1.01. The Hall–Kier alpha value is -1.75. The smallest absolute Gasteiger partial charge is 0.269 e. The average Bonchev–Trinajstić information content (AvgIpc) is 2.29. The van der Waals surface area contributed by atoms with Crippen molar-refractivity contribution < 1.29 is 18.4 Å². The van der Waals surface area contributed by atoms with Crippen LogP contribution in [0.5, 0.6) is 0 Å². The van der Waals surface area contributed by atoms with E-state index in [1.165, 1.54) is 32.4 Å². The summed E-state index contributed by atoms with van der Waals surface area (Å²) in [7, 11) is 2.79. The number of hydrogen-bond donors (Lipinski definition) is 0. The van der Waals surface area contributed by atoms with Crippen molar-refractivity contribution in [2.75, 3.05) is 14.2 Å². The molecule has 1 aromatic carbocycles. The molecule has 0 fully saturated rings. The van der Waals surface area contributed by atoms with Gasteiger partial charge in [-0.15, -0.1) is 0 Å². The zero-order chi connectivity index (χ0) is 12.1. The van der Waals surface area contributed by atoms with E-state index in [1.807, 2.05) is 0 Å². The third-order valence-corrected chi connectivity index (χ3v) is 1.95. The Morgan fingerprint density at radius 1 is 1.38 bits per heavy atom. The van der Waals surface area contributed by atoms with E-state index >= 15 is 0 Å². The molecule has 1 amide bonds. The Balaban J connectivity index is 2.77. The minimum Gasteiger partial charge on any atom is -0.274 e. The Morgan fingerprint density at radius 2 is 2.06 bits per heavy atom. The highest BCUT2D eigenvalue weighted by Gasteiger charge is 2.03. The number of halogens is 2. The van der Waals surface area contributed by atoms with Crippen LogP contribution >= 0.6 is 0 Å². The van der Waals surface area contributed by atoms with Crippen LogP contribution in [-0.2, 0) is 9.63 Å². The van der Waals surface area contributed by atoms with Crippen LogP contribution in [0.2, 0.25) is 0 Å². The molecule has 16 heavy (non-hydrogen) atoms. The van der Waals surface area contributed by atoms with Crippen LogP contribution in [0.25, 0.3) is 6.08 Å². The van der Waals surface area contributed by atoms with Gasteiger partial charge in [0.25, 0.3) is 5.91 Å². The molecular weight excluding hydrogens is 216 g/mol. The van der Waals surface area contributed by atoms with Crippen molar-refractivity contribution in [1.82, 2.24) is 5.06 Å². The van der Waals surface area contributed by atoms with E-state index in [1.54, 1.807) is 0 Å². The maximum absolute atomic E-state index is 12.8. The van der Waals surface area contributed by atoms with Gasteiger partial charge >= 0.3 is 0 Å². The molecule has 0 aliphatic carbocycles. The van der Waals surface area contributed by atoms with Crippen molar-refractivity contribution in [3.05, 3.63) is 41.5 Å². The monoisotopic (exact) mass is 227 g/mol. The van der Waals surface area contributed by atoms with Crippen LogP contribution in [0, 0.1) is 11.6 Å². The van der Waals surface area contributed by atoms with E-state index < -0.39 is 17.5 Å². The van der Waals surface area contributed by atoms with Gasteiger partial charge in [0.15, 0.2) is 11.6 Å². The van der Waals surface area contributed by atoms with Crippen molar-refractivity contribution in [2.45, 2.75) is 0 Å². The van der Waals surface area contributed by atoms with Gasteiger partial charge in [0.05, 0.1) is 7.11 Å². The lowest BCUT2D eigenvalue weighted by Crippen LogP contribution is -2.22. The molecule has 0 saturated heterocycles. The lowest BCUT2D eigenvalue weighted by atomic mass is 10.2. The molecule has 0 aromatic heterocycles. The first-order valence-corrected chi connectivity index (χ1v) is 4.49. The zero-order valence-electron chi connectivity index (χ0n) is 8.91.